The van der Waals surface area contributed by atoms with Crippen LogP contribution in [0.2, 0.25) is 5.02 Å². The highest BCUT2D eigenvalue weighted by Crippen LogP contribution is 2.21. The minimum absolute atomic E-state index is 0.533. The molecule has 0 bridgehead atoms. The Morgan fingerprint density at radius 3 is 2.58 bits per heavy atom. The Bertz CT molecular complexity index is 387. The van der Waals surface area contributed by atoms with E-state index in [1.54, 1.807) is 0 Å². The van der Waals surface area contributed by atoms with Gasteiger partial charge in [0.15, 0.2) is 0 Å². The summed E-state index contributed by atoms with van der Waals surface area (Å²) >= 11 is 6.35. The summed E-state index contributed by atoms with van der Waals surface area (Å²) in [6.45, 7) is 15.4. The molecule has 0 aliphatic heterocycles. The molecule has 19 heavy (non-hydrogen) atoms. The van der Waals surface area contributed by atoms with Crippen LogP contribution >= 0.6 is 11.6 Å². The third-order valence-corrected chi connectivity index (χ3v) is 3.75. The van der Waals surface area contributed by atoms with Gasteiger partial charge in [-0.3, -0.25) is 9.58 Å². The van der Waals surface area contributed by atoms with Crippen LogP contribution in [0.3, 0.4) is 0 Å². The molecule has 0 aromatic carbocycles. The van der Waals surface area contributed by atoms with Crippen LogP contribution in [0, 0.1) is 6.92 Å². The molecule has 0 atom stereocenters. The number of hydrogen-bond acceptors (Lipinski definition) is 3. The van der Waals surface area contributed by atoms with E-state index in [-0.39, 0.29) is 0 Å². The van der Waals surface area contributed by atoms with Crippen LogP contribution in [-0.4, -0.2) is 40.4 Å². The molecule has 0 unspecified atom stereocenters. The third kappa shape index (κ3) is 4.79. The quantitative estimate of drug-likeness (QED) is 0.798. The number of nitrogens with one attached hydrogen (secondary N) is 1. The highest BCUT2D eigenvalue weighted by atomic mass is 35.5. The Balaban J connectivity index is 2.65. The second-order valence-corrected chi connectivity index (χ2v) is 5.52. The zero-order valence-electron chi connectivity index (χ0n) is 12.8. The van der Waals surface area contributed by atoms with Gasteiger partial charge in [0, 0.05) is 32.2 Å². The fraction of sp³-hybridized carbons (Fsp3) is 0.786. The molecule has 1 rings (SSSR count). The molecule has 5 heteroatoms. The van der Waals surface area contributed by atoms with Gasteiger partial charge in [-0.2, -0.15) is 5.10 Å². The van der Waals surface area contributed by atoms with Gasteiger partial charge in [-0.05, 0) is 20.4 Å². The topological polar surface area (TPSA) is 33.1 Å². The first kappa shape index (κ1) is 16.5. The van der Waals surface area contributed by atoms with E-state index < -0.39 is 0 Å². The van der Waals surface area contributed by atoms with E-state index in [9.17, 15) is 0 Å². The summed E-state index contributed by atoms with van der Waals surface area (Å²) in [5.74, 6) is 0. The summed E-state index contributed by atoms with van der Waals surface area (Å²) in [7, 11) is 0. The summed E-state index contributed by atoms with van der Waals surface area (Å²) < 4.78 is 2.01. The van der Waals surface area contributed by atoms with Crippen LogP contribution in [0.25, 0.3) is 0 Å². The van der Waals surface area contributed by atoms with Crippen LogP contribution < -0.4 is 5.32 Å². The van der Waals surface area contributed by atoms with Crippen molar-refractivity contribution >= 4 is 11.6 Å². The number of aromatic nitrogens is 2. The predicted octanol–water partition coefficient (Wildman–Crippen LogP) is 2.68. The van der Waals surface area contributed by atoms with E-state index in [1.165, 1.54) is 0 Å². The lowest BCUT2D eigenvalue weighted by Gasteiger charge is -2.22. The molecule has 0 radical (unpaired) electrons. The fourth-order valence-corrected chi connectivity index (χ4v) is 2.29. The zero-order chi connectivity index (χ0) is 14.4. The summed E-state index contributed by atoms with van der Waals surface area (Å²) in [6.07, 6.45) is 0. The van der Waals surface area contributed by atoms with Crippen molar-refractivity contribution in [3.8, 4) is 0 Å². The molecule has 0 spiro atoms. The lowest BCUT2D eigenvalue weighted by atomic mass is 10.3. The Morgan fingerprint density at radius 2 is 2.05 bits per heavy atom. The van der Waals surface area contributed by atoms with Gasteiger partial charge in [-0.1, -0.05) is 32.4 Å². The van der Waals surface area contributed by atoms with Gasteiger partial charge in [-0.25, -0.2) is 0 Å². The summed E-state index contributed by atoms with van der Waals surface area (Å²) in [5, 5.41) is 8.73. The average Bonchev–Trinajstić information content (AvgIpc) is 2.64. The fourth-order valence-electron chi connectivity index (χ4n) is 2.09. The standard InChI is InChI=1S/C14H27ClN4/c1-6-18(9-8-16-11(3)4)10-13-14(15)12(5)17-19(13)7-2/h11,16H,6-10H2,1-5H3. The molecule has 4 nitrogen and oxygen atoms in total. The number of aryl methyl sites for hydroxylation is 2. The lowest BCUT2D eigenvalue weighted by Crippen LogP contribution is -2.35. The van der Waals surface area contributed by atoms with E-state index in [0.717, 1.165) is 49.1 Å². The maximum absolute atomic E-state index is 6.35. The predicted molar refractivity (Wildman–Crippen MR) is 81.7 cm³/mol. The SMILES string of the molecule is CCN(CCNC(C)C)Cc1c(Cl)c(C)nn1CC. The van der Waals surface area contributed by atoms with Crippen molar-refractivity contribution in [3.63, 3.8) is 0 Å². The minimum Gasteiger partial charge on any atom is -0.313 e. The summed E-state index contributed by atoms with van der Waals surface area (Å²) in [4.78, 5) is 2.39. The first-order chi connectivity index (χ1) is 8.99. The Hall–Kier alpha value is -0.580. The molecule has 0 saturated heterocycles. The Kier molecular flexibility index (Phi) is 6.83. The van der Waals surface area contributed by atoms with Gasteiger partial charge in [-0.15, -0.1) is 0 Å². The Labute approximate surface area is 122 Å². The second kappa shape index (κ2) is 7.88. The number of nitrogens with zero attached hydrogens (tertiary/aromatic N) is 3. The highest BCUT2D eigenvalue weighted by Gasteiger charge is 2.15. The van der Waals surface area contributed by atoms with Crippen molar-refractivity contribution < 1.29 is 0 Å². The van der Waals surface area contributed by atoms with Crippen molar-refractivity contribution in [2.45, 2.75) is 53.8 Å². The molecular weight excluding hydrogens is 260 g/mol. The van der Waals surface area contributed by atoms with E-state index in [4.69, 9.17) is 11.6 Å². The van der Waals surface area contributed by atoms with Crippen molar-refractivity contribution in [1.29, 1.82) is 0 Å². The normalized spacial score (nSPS) is 11.8. The third-order valence-electron chi connectivity index (χ3n) is 3.25. The smallest absolute Gasteiger partial charge is 0.0860 e. The molecule has 0 aliphatic carbocycles. The number of rotatable bonds is 8. The van der Waals surface area contributed by atoms with Gasteiger partial charge in [0.05, 0.1) is 16.4 Å². The zero-order valence-corrected chi connectivity index (χ0v) is 13.6. The van der Waals surface area contributed by atoms with Crippen LogP contribution in [0.1, 0.15) is 39.1 Å². The molecule has 110 valence electrons. The van der Waals surface area contributed by atoms with Gasteiger partial charge >= 0.3 is 0 Å². The van der Waals surface area contributed by atoms with Crippen LogP contribution in [0.15, 0.2) is 0 Å². The van der Waals surface area contributed by atoms with Gasteiger partial charge in [0.1, 0.15) is 0 Å². The van der Waals surface area contributed by atoms with Gasteiger partial charge < -0.3 is 5.32 Å². The maximum atomic E-state index is 6.35. The minimum atomic E-state index is 0.533. The molecule has 1 heterocycles. The van der Waals surface area contributed by atoms with E-state index in [2.05, 4.69) is 43.0 Å². The van der Waals surface area contributed by atoms with Crippen molar-refractivity contribution in [1.82, 2.24) is 20.0 Å². The molecule has 0 fully saturated rings. The van der Waals surface area contributed by atoms with E-state index >= 15 is 0 Å². The Morgan fingerprint density at radius 1 is 1.37 bits per heavy atom. The molecule has 1 aromatic rings. The number of likely N-dealkylation sites (N-methyl/N-ethyl adjacent to an activating group) is 1. The summed E-state index contributed by atoms with van der Waals surface area (Å²) in [6, 6.07) is 0.533. The average molecular weight is 287 g/mol. The molecule has 1 N–H and O–H groups in total. The lowest BCUT2D eigenvalue weighted by molar-refractivity contribution is 0.268. The first-order valence-corrected chi connectivity index (χ1v) is 7.54. The second-order valence-electron chi connectivity index (χ2n) is 5.14. The van der Waals surface area contributed by atoms with Crippen LogP contribution in [-0.2, 0) is 13.1 Å². The van der Waals surface area contributed by atoms with Crippen molar-refractivity contribution in [2.24, 2.45) is 0 Å². The van der Waals surface area contributed by atoms with E-state index in [0.29, 0.717) is 6.04 Å². The first-order valence-electron chi connectivity index (χ1n) is 7.17. The highest BCUT2D eigenvalue weighted by molar-refractivity contribution is 6.31. The van der Waals surface area contributed by atoms with Crippen LogP contribution in [0.5, 0.6) is 0 Å². The van der Waals surface area contributed by atoms with Crippen molar-refractivity contribution in [2.75, 3.05) is 19.6 Å². The molecule has 0 amide bonds. The monoisotopic (exact) mass is 286 g/mol. The number of hydrogen-bond donors (Lipinski definition) is 1. The maximum Gasteiger partial charge on any atom is 0.0860 e. The van der Waals surface area contributed by atoms with Gasteiger partial charge in [0.2, 0.25) is 0 Å². The molecule has 0 saturated carbocycles. The van der Waals surface area contributed by atoms with Crippen molar-refractivity contribution in [3.05, 3.63) is 16.4 Å². The van der Waals surface area contributed by atoms with E-state index in [1.807, 2.05) is 11.6 Å². The molecular formula is C14H27ClN4. The molecule has 1 aromatic heterocycles. The number of halogens is 1. The van der Waals surface area contributed by atoms with Gasteiger partial charge in [0.25, 0.3) is 0 Å². The summed E-state index contributed by atoms with van der Waals surface area (Å²) in [5.41, 5.74) is 2.06. The van der Waals surface area contributed by atoms with Crippen LogP contribution in [0.4, 0.5) is 0 Å². The molecule has 0 aliphatic rings. The largest absolute Gasteiger partial charge is 0.313 e.